The van der Waals surface area contributed by atoms with Crippen LogP contribution in [0.1, 0.15) is 20.3 Å². The van der Waals surface area contributed by atoms with Crippen LogP contribution in [-0.4, -0.2) is 5.91 Å². The standard InChI is InChI=1S/C7H10N2O/c1-3-7(10)9-6(2)4-5-8/h4H,3H2,1-2H3,(H,9,10)/b6-4+. The molecule has 3 heteroatoms. The Labute approximate surface area is 60.3 Å². The lowest BCUT2D eigenvalue weighted by Crippen LogP contribution is -2.19. The minimum Gasteiger partial charge on any atom is -0.329 e. The molecule has 0 aliphatic heterocycles. The molecule has 54 valence electrons. The summed E-state index contributed by atoms with van der Waals surface area (Å²) in [5, 5.41) is 10.7. The predicted octanol–water partition coefficient (Wildman–Crippen LogP) is 0.940. The van der Waals surface area contributed by atoms with Crippen LogP contribution in [-0.2, 0) is 4.79 Å². The molecule has 0 aromatic rings. The molecule has 0 unspecified atom stereocenters. The molecule has 1 N–H and O–H groups in total. The summed E-state index contributed by atoms with van der Waals surface area (Å²) in [5.74, 6) is -0.0657. The molecule has 0 radical (unpaired) electrons. The minimum atomic E-state index is -0.0657. The zero-order valence-electron chi connectivity index (χ0n) is 6.14. The number of hydrogen-bond acceptors (Lipinski definition) is 2. The third-order valence-corrected chi connectivity index (χ3v) is 0.939. The van der Waals surface area contributed by atoms with Gasteiger partial charge in [-0.1, -0.05) is 6.92 Å². The molecule has 3 nitrogen and oxygen atoms in total. The number of rotatable bonds is 2. The van der Waals surface area contributed by atoms with E-state index in [0.29, 0.717) is 12.1 Å². The number of nitriles is 1. The zero-order chi connectivity index (χ0) is 7.98. The van der Waals surface area contributed by atoms with Gasteiger partial charge in [0.05, 0.1) is 6.07 Å². The maximum atomic E-state index is 10.6. The molecular formula is C7H10N2O. The highest BCUT2D eigenvalue weighted by Crippen LogP contribution is 1.85. The molecule has 0 fully saturated rings. The Morgan fingerprint density at radius 1 is 1.80 bits per heavy atom. The lowest BCUT2D eigenvalue weighted by atomic mass is 10.4. The van der Waals surface area contributed by atoms with Crippen molar-refractivity contribution >= 4 is 5.91 Å². The molecule has 0 bridgehead atoms. The van der Waals surface area contributed by atoms with Crippen LogP contribution < -0.4 is 5.32 Å². The molecule has 0 aromatic heterocycles. The smallest absolute Gasteiger partial charge is 0.223 e. The molecule has 0 saturated carbocycles. The summed E-state index contributed by atoms with van der Waals surface area (Å²) in [6.45, 7) is 3.44. The van der Waals surface area contributed by atoms with Crippen LogP contribution in [0.2, 0.25) is 0 Å². The van der Waals surface area contributed by atoms with Crippen molar-refractivity contribution in [1.82, 2.24) is 5.32 Å². The predicted molar refractivity (Wildman–Crippen MR) is 37.8 cm³/mol. The quantitative estimate of drug-likeness (QED) is 0.577. The largest absolute Gasteiger partial charge is 0.329 e. The highest BCUT2D eigenvalue weighted by atomic mass is 16.1. The monoisotopic (exact) mass is 138 g/mol. The Bertz CT molecular complexity index is 188. The van der Waals surface area contributed by atoms with E-state index in [-0.39, 0.29) is 5.91 Å². The third kappa shape index (κ3) is 3.67. The van der Waals surface area contributed by atoms with Gasteiger partial charge in [0, 0.05) is 18.2 Å². The average Bonchev–Trinajstić information content (AvgIpc) is 1.88. The van der Waals surface area contributed by atoms with Crippen molar-refractivity contribution in [2.45, 2.75) is 20.3 Å². The number of nitrogens with zero attached hydrogens (tertiary/aromatic N) is 1. The summed E-state index contributed by atoms with van der Waals surface area (Å²) < 4.78 is 0. The normalized spacial score (nSPS) is 10.3. The van der Waals surface area contributed by atoms with Crippen LogP contribution >= 0.6 is 0 Å². The Kier molecular flexibility index (Phi) is 3.97. The van der Waals surface area contributed by atoms with E-state index in [0.717, 1.165) is 0 Å². The van der Waals surface area contributed by atoms with Gasteiger partial charge in [-0.3, -0.25) is 4.79 Å². The summed E-state index contributed by atoms with van der Waals surface area (Å²) in [5.41, 5.74) is 0.592. The first-order valence-electron chi connectivity index (χ1n) is 3.07. The van der Waals surface area contributed by atoms with Gasteiger partial charge in [-0.25, -0.2) is 0 Å². The van der Waals surface area contributed by atoms with Crippen molar-refractivity contribution in [2.75, 3.05) is 0 Å². The molecule has 0 aliphatic rings. The summed E-state index contributed by atoms with van der Waals surface area (Å²) in [6, 6.07) is 1.82. The molecule has 10 heavy (non-hydrogen) atoms. The second-order valence-electron chi connectivity index (χ2n) is 1.86. The molecule has 0 saturated heterocycles. The average molecular weight is 138 g/mol. The van der Waals surface area contributed by atoms with Crippen molar-refractivity contribution in [3.05, 3.63) is 11.8 Å². The van der Waals surface area contributed by atoms with Gasteiger partial charge in [0.15, 0.2) is 0 Å². The minimum absolute atomic E-state index is 0.0657. The number of nitrogens with one attached hydrogen (secondary N) is 1. The fraction of sp³-hybridized carbons (Fsp3) is 0.429. The van der Waals surface area contributed by atoms with Crippen LogP contribution in [0, 0.1) is 11.3 Å². The van der Waals surface area contributed by atoms with Crippen molar-refractivity contribution in [1.29, 1.82) is 5.26 Å². The van der Waals surface area contributed by atoms with Gasteiger partial charge >= 0.3 is 0 Å². The van der Waals surface area contributed by atoms with E-state index < -0.39 is 0 Å². The third-order valence-electron chi connectivity index (χ3n) is 0.939. The molecule has 0 spiro atoms. The second kappa shape index (κ2) is 4.57. The van der Waals surface area contributed by atoms with Crippen molar-refractivity contribution in [3.8, 4) is 6.07 Å². The van der Waals surface area contributed by atoms with Crippen molar-refractivity contribution < 1.29 is 4.79 Å². The topological polar surface area (TPSA) is 52.9 Å². The van der Waals surface area contributed by atoms with E-state index in [1.54, 1.807) is 13.8 Å². The maximum Gasteiger partial charge on any atom is 0.223 e. The van der Waals surface area contributed by atoms with Crippen LogP contribution in [0.5, 0.6) is 0 Å². The fourth-order valence-electron chi connectivity index (χ4n) is 0.441. The van der Waals surface area contributed by atoms with Crippen LogP contribution in [0.4, 0.5) is 0 Å². The van der Waals surface area contributed by atoms with Crippen LogP contribution in [0.25, 0.3) is 0 Å². The van der Waals surface area contributed by atoms with Crippen molar-refractivity contribution in [3.63, 3.8) is 0 Å². The molecule has 0 heterocycles. The summed E-state index contributed by atoms with van der Waals surface area (Å²) in [6.07, 6.45) is 1.74. The van der Waals surface area contributed by atoms with E-state index in [4.69, 9.17) is 5.26 Å². The first kappa shape index (κ1) is 8.70. The summed E-state index contributed by atoms with van der Waals surface area (Å²) in [7, 11) is 0. The highest BCUT2D eigenvalue weighted by Gasteiger charge is 1.94. The van der Waals surface area contributed by atoms with E-state index in [1.165, 1.54) is 6.08 Å². The van der Waals surface area contributed by atoms with Crippen molar-refractivity contribution in [2.24, 2.45) is 0 Å². The van der Waals surface area contributed by atoms with Gasteiger partial charge in [0.2, 0.25) is 5.91 Å². The number of hydrogen-bond donors (Lipinski definition) is 1. The fourth-order valence-corrected chi connectivity index (χ4v) is 0.441. The van der Waals surface area contributed by atoms with Gasteiger partial charge in [-0.05, 0) is 6.92 Å². The Morgan fingerprint density at radius 3 is 2.80 bits per heavy atom. The number of carbonyl (C=O) groups excluding carboxylic acids is 1. The number of amides is 1. The van der Waals surface area contributed by atoms with Crippen LogP contribution in [0.3, 0.4) is 0 Å². The molecular weight excluding hydrogens is 128 g/mol. The lowest BCUT2D eigenvalue weighted by molar-refractivity contribution is -0.120. The van der Waals surface area contributed by atoms with Gasteiger partial charge in [-0.15, -0.1) is 0 Å². The molecule has 0 aromatic carbocycles. The Morgan fingerprint density at radius 2 is 2.40 bits per heavy atom. The highest BCUT2D eigenvalue weighted by molar-refractivity contribution is 5.77. The number of carbonyl (C=O) groups is 1. The van der Waals surface area contributed by atoms with E-state index in [9.17, 15) is 4.79 Å². The molecule has 0 aliphatic carbocycles. The Hall–Kier alpha value is -1.30. The molecule has 0 rings (SSSR count). The van der Waals surface area contributed by atoms with E-state index in [1.807, 2.05) is 6.07 Å². The lowest BCUT2D eigenvalue weighted by Gasteiger charge is -1.99. The van der Waals surface area contributed by atoms with E-state index in [2.05, 4.69) is 5.32 Å². The first-order valence-corrected chi connectivity index (χ1v) is 3.07. The van der Waals surface area contributed by atoms with Crippen LogP contribution in [0.15, 0.2) is 11.8 Å². The van der Waals surface area contributed by atoms with Gasteiger partial charge in [0.25, 0.3) is 0 Å². The zero-order valence-corrected chi connectivity index (χ0v) is 6.14. The molecule has 0 atom stereocenters. The summed E-state index contributed by atoms with van der Waals surface area (Å²) >= 11 is 0. The maximum absolute atomic E-state index is 10.6. The summed E-state index contributed by atoms with van der Waals surface area (Å²) in [4.78, 5) is 10.6. The van der Waals surface area contributed by atoms with Gasteiger partial charge in [0.1, 0.15) is 0 Å². The van der Waals surface area contributed by atoms with E-state index >= 15 is 0 Å². The van der Waals surface area contributed by atoms with Gasteiger partial charge in [-0.2, -0.15) is 5.26 Å². The van der Waals surface area contributed by atoms with Gasteiger partial charge < -0.3 is 5.32 Å². The first-order chi connectivity index (χ1) is 4.70. The SMILES string of the molecule is CCC(=O)N/C(C)=C/C#N. The molecule has 1 amide bonds. The Balaban J connectivity index is 3.82. The number of allylic oxidation sites excluding steroid dienone is 2. The second-order valence-corrected chi connectivity index (χ2v) is 1.86.